The second-order valence-electron chi connectivity index (χ2n) is 5.88. The van der Waals surface area contributed by atoms with Gasteiger partial charge < -0.3 is 10.2 Å². The lowest BCUT2D eigenvalue weighted by Gasteiger charge is -2.03. The molecule has 162 valence electrons. The van der Waals surface area contributed by atoms with Crippen LogP contribution in [0.5, 0.6) is 5.88 Å². The van der Waals surface area contributed by atoms with Crippen LogP contribution in [0.4, 0.5) is 11.4 Å². The van der Waals surface area contributed by atoms with Gasteiger partial charge in [-0.1, -0.05) is 0 Å². The molecule has 1 heterocycles. The van der Waals surface area contributed by atoms with Crippen molar-refractivity contribution >= 4 is 37.6 Å². The van der Waals surface area contributed by atoms with Gasteiger partial charge in [0.05, 0.1) is 21.2 Å². The number of carboxylic acids is 1. The zero-order valence-corrected chi connectivity index (χ0v) is 16.7. The van der Waals surface area contributed by atoms with E-state index >= 15 is 0 Å². The van der Waals surface area contributed by atoms with E-state index in [9.17, 15) is 31.8 Å². The summed E-state index contributed by atoms with van der Waals surface area (Å²) in [5, 5.41) is 30.8. The van der Waals surface area contributed by atoms with Gasteiger partial charge in [0.1, 0.15) is 0 Å². The highest BCUT2D eigenvalue weighted by molar-refractivity contribution is 7.86. The molecule has 1 aromatic heterocycles. The van der Waals surface area contributed by atoms with Crippen molar-refractivity contribution in [1.29, 1.82) is 0 Å². The van der Waals surface area contributed by atoms with Crippen molar-refractivity contribution in [3.8, 4) is 11.6 Å². The summed E-state index contributed by atoms with van der Waals surface area (Å²) < 4.78 is 63.1. The summed E-state index contributed by atoms with van der Waals surface area (Å²) in [6, 6.07) is 8.82. The molecule has 0 aliphatic rings. The Morgan fingerprint density at radius 3 is 1.77 bits per heavy atom. The SMILES string of the molecule is O=C(O)c1nn(-c2ccc(S(=O)(=O)O)cc2)c(O)c1N=Nc1ccc(S(=O)(=O)O)cc1. The van der Waals surface area contributed by atoms with Crippen molar-refractivity contribution in [3.05, 3.63) is 54.2 Å². The standard InChI is InChI=1S/C16H12N4O9S2/c21-15-13(18-17-9-1-5-11(6-2-9)30(24,25)26)14(16(22)23)19-20(15)10-3-7-12(8-4-10)31(27,28)29/h1-8,21H,(H,22,23)(H,24,25,26)(H,27,28,29). The third-order valence-corrected chi connectivity index (χ3v) is 5.55. The van der Waals surface area contributed by atoms with Gasteiger partial charge in [-0.2, -0.15) is 31.7 Å². The van der Waals surface area contributed by atoms with E-state index in [0.717, 1.165) is 41.1 Å². The molecule has 0 saturated heterocycles. The van der Waals surface area contributed by atoms with Crippen LogP contribution in [0.3, 0.4) is 0 Å². The van der Waals surface area contributed by atoms with Crippen LogP contribution >= 0.6 is 0 Å². The fourth-order valence-electron chi connectivity index (χ4n) is 2.37. The lowest BCUT2D eigenvalue weighted by atomic mass is 10.3. The van der Waals surface area contributed by atoms with E-state index in [1.54, 1.807) is 0 Å². The van der Waals surface area contributed by atoms with Gasteiger partial charge in [-0.15, -0.1) is 5.11 Å². The summed E-state index contributed by atoms with van der Waals surface area (Å²) >= 11 is 0. The molecule has 3 aromatic rings. The summed E-state index contributed by atoms with van der Waals surface area (Å²) in [6.45, 7) is 0. The normalized spacial score (nSPS) is 12.3. The molecular weight excluding hydrogens is 456 g/mol. The minimum atomic E-state index is -4.45. The number of hydrogen-bond donors (Lipinski definition) is 4. The molecule has 3 rings (SSSR count). The zero-order chi connectivity index (χ0) is 23.0. The van der Waals surface area contributed by atoms with Gasteiger partial charge in [0.15, 0.2) is 5.69 Å². The maximum absolute atomic E-state index is 11.5. The third kappa shape index (κ3) is 4.75. The first-order chi connectivity index (χ1) is 14.4. The van der Waals surface area contributed by atoms with Gasteiger partial charge in [-0.05, 0) is 48.5 Å². The first kappa shape index (κ1) is 22.0. The predicted molar refractivity (Wildman–Crippen MR) is 102 cm³/mol. The van der Waals surface area contributed by atoms with Gasteiger partial charge in [-0.3, -0.25) is 9.11 Å². The molecule has 0 amide bonds. The Balaban J connectivity index is 2.00. The van der Waals surface area contributed by atoms with Crippen molar-refractivity contribution < 1.29 is 40.9 Å². The van der Waals surface area contributed by atoms with Crippen LogP contribution in [0.2, 0.25) is 0 Å². The minimum Gasteiger partial charge on any atom is -0.492 e. The van der Waals surface area contributed by atoms with Gasteiger partial charge in [0.25, 0.3) is 20.2 Å². The molecular formula is C16H12N4O9S2. The van der Waals surface area contributed by atoms with E-state index in [-0.39, 0.29) is 16.3 Å². The number of aromatic hydroxyl groups is 1. The van der Waals surface area contributed by atoms with Crippen molar-refractivity contribution in [2.75, 3.05) is 0 Å². The third-order valence-electron chi connectivity index (χ3n) is 3.82. The Morgan fingerprint density at radius 2 is 1.32 bits per heavy atom. The number of hydrogen-bond acceptors (Lipinski definition) is 9. The summed E-state index contributed by atoms with van der Waals surface area (Å²) in [5.74, 6) is -2.27. The van der Waals surface area contributed by atoms with Crippen molar-refractivity contribution in [2.45, 2.75) is 9.79 Å². The number of nitrogens with zero attached hydrogens (tertiary/aromatic N) is 4. The van der Waals surface area contributed by atoms with Gasteiger partial charge in [0, 0.05) is 0 Å². The Bertz CT molecular complexity index is 1390. The average molecular weight is 468 g/mol. The summed E-state index contributed by atoms with van der Waals surface area (Å²) in [5.41, 5.74) is -1.06. The number of benzene rings is 2. The van der Waals surface area contributed by atoms with Crippen LogP contribution in [0.25, 0.3) is 5.69 Å². The molecule has 0 radical (unpaired) electrons. The van der Waals surface area contributed by atoms with Crippen molar-refractivity contribution in [3.63, 3.8) is 0 Å². The van der Waals surface area contributed by atoms with Crippen molar-refractivity contribution in [1.82, 2.24) is 9.78 Å². The maximum atomic E-state index is 11.5. The summed E-state index contributed by atoms with van der Waals surface area (Å²) in [7, 11) is -8.86. The van der Waals surface area contributed by atoms with Crippen LogP contribution in [0, 0.1) is 0 Å². The molecule has 31 heavy (non-hydrogen) atoms. The molecule has 0 bridgehead atoms. The van der Waals surface area contributed by atoms with Gasteiger partial charge in [0.2, 0.25) is 11.6 Å². The molecule has 0 fully saturated rings. The van der Waals surface area contributed by atoms with Crippen LogP contribution in [0.15, 0.2) is 68.6 Å². The second-order valence-corrected chi connectivity index (χ2v) is 8.72. The Labute approximate surface area is 174 Å². The number of rotatable bonds is 6. The number of azo groups is 1. The lowest BCUT2D eigenvalue weighted by Crippen LogP contribution is -2.02. The fraction of sp³-hybridized carbons (Fsp3) is 0. The molecule has 0 saturated carbocycles. The molecule has 0 atom stereocenters. The highest BCUT2D eigenvalue weighted by Gasteiger charge is 2.24. The molecule has 0 unspecified atom stereocenters. The Hall–Kier alpha value is -3.66. The summed E-state index contributed by atoms with van der Waals surface area (Å²) in [4.78, 5) is 10.7. The van der Waals surface area contributed by atoms with Crippen LogP contribution in [-0.4, -0.2) is 51.9 Å². The maximum Gasteiger partial charge on any atom is 0.358 e. The van der Waals surface area contributed by atoms with E-state index in [1.807, 2.05) is 0 Å². The largest absolute Gasteiger partial charge is 0.492 e. The van der Waals surface area contributed by atoms with E-state index in [2.05, 4.69) is 15.3 Å². The minimum absolute atomic E-state index is 0.0614. The first-order valence-electron chi connectivity index (χ1n) is 8.00. The number of carboxylic acid groups (broad SMARTS) is 1. The number of aromatic nitrogens is 2. The fourth-order valence-corrected chi connectivity index (χ4v) is 3.33. The molecule has 13 nitrogen and oxygen atoms in total. The van der Waals surface area contributed by atoms with E-state index in [4.69, 9.17) is 9.11 Å². The van der Waals surface area contributed by atoms with E-state index < -0.39 is 48.4 Å². The Morgan fingerprint density at radius 1 is 0.839 bits per heavy atom. The highest BCUT2D eigenvalue weighted by atomic mass is 32.2. The molecule has 15 heteroatoms. The molecule has 0 aliphatic heterocycles. The van der Waals surface area contributed by atoms with Gasteiger partial charge in [-0.25, -0.2) is 4.79 Å². The zero-order valence-electron chi connectivity index (χ0n) is 15.1. The number of aromatic carboxylic acids is 1. The topological polar surface area (TPSA) is 209 Å². The molecule has 4 N–H and O–H groups in total. The highest BCUT2D eigenvalue weighted by Crippen LogP contribution is 2.34. The molecule has 2 aromatic carbocycles. The first-order valence-corrected chi connectivity index (χ1v) is 10.9. The predicted octanol–water partition coefficient (Wildman–Crippen LogP) is 2.18. The quantitative estimate of drug-likeness (QED) is 0.306. The van der Waals surface area contributed by atoms with E-state index in [1.165, 1.54) is 12.1 Å². The van der Waals surface area contributed by atoms with Crippen molar-refractivity contribution in [2.24, 2.45) is 10.2 Å². The average Bonchev–Trinajstić information content (AvgIpc) is 3.02. The second kappa shape index (κ2) is 7.88. The lowest BCUT2D eigenvalue weighted by molar-refractivity contribution is 0.0690. The van der Waals surface area contributed by atoms with Gasteiger partial charge >= 0.3 is 5.97 Å². The molecule has 0 spiro atoms. The van der Waals surface area contributed by atoms with Crippen LogP contribution in [-0.2, 0) is 20.2 Å². The molecule has 0 aliphatic carbocycles. The Kier molecular flexibility index (Phi) is 5.60. The van der Waals surface area contributed by atoms with E-state index in [0.29, 0.717) is 0 Å². The monoisotopic (exact) mass is 468 g/mol. The number of carbonyl (C=O) groups is 1. The van der Waals surface area contributed by atoms with Crippen LogP contribution < -0.4 is 0 Å². The summed E-state index contributed by atoms with van der Waals surface area (Å²) in [6.07, 6.45) is 0. The smallest absolute Gasteiger partial charge is 0.358 e. The van der Waals surface area contributed by atoms with Crippen LogP contribution in [0.1, 0.15) is 10.5 Å².